The number of Topliss-reactive ketones (excluding diaryl/α,β-unsaturated/α-hetero) is 2. The average molecular weight is 612 g/mol. The number of nitrogens with two attached hydrogens (primary N) is 1. The lowest BCUT2D eigenvalue weighted by molar-refractivity contribution is -0.144. The van der Waals surface area contributed by atoms with Gasteiger partial charge in [0.05, 0.1) is 18.3 Å². The van der Waals surface area contributed by atoms with Gasteiger partial charge in [-0.25, -0.2) is 0 Å². The summed E-state index contributed by atoms with van der Waals surface area (Å²) in [6.07, 6.45) is 1.24. The Hall–Kier alpha value is -4.60. The van der Waals surface area contributed by atoms with Gasteiger partial charge in [0.2, 0.25) is 5.91 Å². The third-order valence-corrected chi connectivity index (χ3v) is 9.71. The summed E-state index contributed by atoms with van der Waals surface area (Å²) in [5, 5.41) is 0.836. The fraction of sp³-hybridized carbons (Fsp3) is 0.429. The number of nitrogens with zero attached hydrogens (tertiary/aromatic N) is 2. The molecule has 5 heterocycles. The number of hydrogen-bond acceptors (Lipinski definition) is 7. The van der Waals surface area contributed by atoms with Crippen LogP contribution in [0.1, 0.15) is 128 Å². The maximum atomic E-state index is 14.2. The number of carbonyl (C=O) groups is 4. The van der Waals surface area contributed by atoms with Gasteiger partial charge in [0.25, 0.3) is 0 Å². The Morgan fingerprint density at radius 3 is 2.24 bits per heavy atom. The number of primary amides is 1. The molecule has 3 aliphatic heterocycles. The molecule has 0 saturated heterocycles. The van der Waals surface area contributed by atoms with Gasteiger partial charge in [-0.2, -0.15) is 0 Å². The molecule has 0 aliphatic carbocycles. The fourth-order valence-electron chi connectivity index (χ4n) is 7.09. The third-order valence-electron chi connectivity index (χ3n) is 9.71. The van der Waals surface area contributed by atoms with Crippen molar-refractivity contribution in [3.8, 4) is 0 Å². The standard InChI is InChI=1S/C35H41N5O5/c1-9-21-15(2)23-14-28-30(20(7)41)17(4)25(39-28)12-24-16(3)22(10-11-29(36)42)33(40-24)31-19(6)37-26(13-27(21)38-23)18(5)34(43)32(31)35(44)45-8/h12-16,21-22,32,37,39H,6,9-11H2,1-5,7-8H3,(H2,36,42)/t15-,16+,21?,22?,32?/m1/s1. The van der Waals surface area contributed by atoms with Crippen LogP contribution in [0.4, 0.5) is 0 Å². The molecule has 45 heavy (non-hydrogen) atoms. The molecule has 3 aliphatic rings. The molecule has 5 atom stereocenters. The number of nitrogens with one attached hydrogen (secondary N) is 2. The quantitative estimate of drug-likeness (QED) is 0.252. The van der Waals surface area contributed by atoms with Crippen LogP contribution in [-0.2, 0) is 19.1 Å². The number of rotatable bonds is 6. The summed E-state index contributed by atoms with van der Waals surface area (Å²) in [4.78, 5) is 69.3. The van der Waals surface area contributed by atoms with Crippen molar-refractivity contribution in [2.75, 3.05) is 7.11 Å². The molecule has 10 heteroatoms. The molecule has 0 radical (unpaired) electrons. The number of methoxy groups -OCH3 is 1. The highest BCUT2D eigenvalue weighted by Crippen LogP contribution is 2.43. The zero-order valence-corrected chi connectivity index (χ0v) is 27.0. The van der Waals surface area contributed by atoms with Gasteiger partial charge < -0.3 is 20.4 Å². The van der Waals surface area contributed by atoms with Crippen LogP contribution in [0, 0.1) is 6.92 Å². The summed E-state index contributed by atoms with van der Waals surface area (Å²) in [5.74, 6) is -3.47. The summed E-state index contributed by atoms with van der Waals surface area (Å²) < 4.78 is 5.17. The number of ether oxygens (including phenoxy) is 1. The number of ketones is 2. The first kappa shape index (κ1) is 31.8. The minimum Gasteiger partial charge on any atom is -0.468 e. The number of amides is 1. The number of hydrogen-bond donors (Lipinski definition) is 3. The van der Waals surface area contributed by atoms with Crippen molar-refractivity contribution in [2.24, 2.45) is 5.73 Å². The fourth-order valence-corrected chi connectivity index (χ4v) is 7.09. The molecular formula is C35H41N5O5. The van der Waals surface area contributed by atoms with E-state index in [1.54, 1.807) is 13.8 Å². The summed E-state index contributed by atoms with van der Waals surface area (Å²) in [6.45, 7) is 15.6. The van der Waals surface area contributed by atoms with E-state index < -0.39 is 23.6 Å². The van der Waals surface area contributed by atoms with Gasteiger partial charge in [-0.3, -0.25) is 29.1 Å². The highest BCUT2D eigenvalue weighted by molar-refractivity contribution is 6.24. The molecule has 4 N–H and O–H groups in total. The molecule has 0 saturated carbocycles. The number of aromatic amines is 2. The monoisotopic (exact) mass is 611 g/mol. The Labute approximate surface area is 261 Å². The van der Waals surface area contributed by atoms with Crippen LogP contribution >= 0.6 is 0 Å². The highest BCUT2D eigenvalue weighted by atomic mass is 16.5. The van der Waals surface area contributed by atoms with E-state index in [4.69, 9.17) is 20.4 Å². The smallest absolute Gasteiger partial charge is 0.321 e. The minimum absolute atomic E-state index is 0.0466. The van der Waals surface area contributed by atoms with Crippen LogP contribution in [0.25, 0.3) is 23.2 Å². The Morgan fingerprint density at radius 2 is 1.62 bits per heavy atom. The molecule has 0 aromatic carbocycles. The minimum atomic E-state index is -1.32. The van der Waals surface area contributed by atoms with E-state index in [0.717, 1.165) is 28.9 Å². The average Bonchev–Trinajstić information content (AvgIpc) is 3.55. The predicted molar refractivity (Wildman–Crippen MR) is 172 cm³/mol. The lowest BCUT2D eigenvalue weighted by Gasteiger charge is -2.20. The first-order chi connectivity index (χ1) is 21.3. The lowest BCUT2D eigenvalue weighted by atomic mass is 9.82. The van der Waals surface area contributed by atoms with Crippen LogP contribution in [0.5, 0.6) is 0 Å². The van der Waals surface area contributed by atoms with Crippen LogP contribution in [0.2, 0.25) is 0 Å². The molecular weight excluding hydrogens is 570 g/mol. The van der Waals surface area contributed by atoms with Crippen LogP contribution in [0.15, 0.2) is 18.2 Å². The molecule has 10 nitrogen and oxygen atoms in total. The zero-order valence-electron chi connectivity index (χ0n) is 27.0. The molecule has 5 rings (SSSR count). The van der Waals surface area contributed by atoms with Crippen LogP contribution in [-0.4, -0.2) is 50.5 Å². The largest absolute Gasteiger partial charge is 0.468 e. The molecule has 8 bridgehead atoms. The molecule has 2 aromatic rings. The van der Waals surface area contributed by atoms with E-state index in [0.29, 0.717) is 50.7 Å². The van der Waals surface area contributed by atoms with Gasteiger partial charge in [0.1, 0.15) is 5.92 Å². The Kier molecular flexibility index (Phi) is 8.53. The van der Waals surface area contributed by atoms with Crippen LogP contribution in [0.3, 0.4) is 0 Å². The van der Waals surface area contributed by atoms with Gasteiger partial charge >= 0.3 is 5.97 Å². The van der Waals surface area contributed by atoms with E-state index in [1.807, 2.05) is 32.0 Å². The van der Waals surface area contributed by atoms with E-state index in [9.17, 15) is 19.2 Å². The summed E-state index contributed by atoms with van der Waals surface area (Å²) in [7, 11) is 1.25. The second-order valence-electron chi connectivity index (χ2n) is 12.4. The maximum absolute atomic E-state index is 14.2. The van der Waals surface area contributed by atoms with Crippen molar-refractivity contribution < 1.29 is 23.9 Å². The second kappa shape index (κ2) is 12.1. The van der Waals surface area contributed by atoms with E-state index >= 15 is 0 Å². The van der Waals surface area contributed by atoms with E-state index in [1.165, 1.54) is 7.11 Å². The Balaban J connectivity index is 2.04. The molecule has 0 spiro atoms. The first-order valence-electron chi connectivity index (χ1n) is 15.4. The number of fused-ring (bicyclic) bond motifs is 10. The molecule has 0 fully saturated rings. The van der Waals surface area contributed by atoms with Gasteiger partial charge in [0, 0.05) is 80.1 Å². The number of esters is 1. The van der Waals surface area contributed by atoms with E-state index in [2.05, 4.69) is 30.4 Å². The van der Waals surface area contributed by atoms with Crippen molar-refractivity contribution in [1.82, 2.24) is 19.9 Å². The molecule has 236 valence electrons. The summed E-state index contributed by atoms with van der Waals surface area (Å²) in [6, 6.07) is 5.70. The lowest BCUT2D eigenvalue weighted by Crippen LogP contribution is -2.29. The highest BCUT2D eigenvalue weighted by Gasteiger charge is 2.40. The van der Waals surface area contributed by atoms with Crippen molar-refractivity contribution >= 4 is 46.6 Å². The van der Waals surface area contributed by atoms with Crippen molar-refractivity contribution in [2.45, 2.75) is 90.4 Å². The van der Waals surface area contributed by atoms with Crippen molar-refractivity contribution in [1.29, 1.82) is 0 Å². The van der Waals surface area contributed by atoms with Gasteiger partial charge in [-0.1, -0.05) is 27.4 Å². The van der Waals surface area contributed by atoms with Crippen LogP contribution < -0.4 is 16.4 Å². The Morgan fingerprint density at radius 1 is 0.978 bits per heavy atom. The van der Waals surface area contributed by atoms with Crippen molar-refractivity contribution in [3.05, 3.63) is 68.4 Å². The van der Waals surface area contributed by atoms with E-state index in [-0.39, 0.29) is 35.9 Å². The Bertz CT molecular complexity index is 1940. The maximum Gasteiger partial charge on any atom is 0.321 e. The van der Waals surface area contributed by atoms with Gasteiger partial charge in [-0.05, 0) is 57.4 Å². The van der Waals surface area contributed by atoms with Gasteiger partial charge in [0.15, 0.2) is 11.6 Å². The first-order valence-corrected chi connectivity index (χ1v) is 15.4. The van der Waals surface area contributed by atoms with Crippen molar-refractivity contribution in [3.63, 3.8) is 0 Å². The summed E-state index contributed by atoms with van der Waals surface area (Å²) in [5.41, 5.74) is 11.8. The number of carbonyl (C=O) groups excluding carboxylic acids is 4. The SMILES string of the molecule is C=c1[nH]c2cc3nc(cc4[nH]c(cc5nc(c1C(C(=O)OC)C(=O)C=2C)C(CCC(N)=O)[C@@H]5C)c(C)c4C(C)=O)[C@H](C)C3CC. The van der Waals surface area contributed by atoms with Gasteiger partial charge in [-0.15, -0.1) is 0 Å². The molecule has 1 amide bonds. The second-order valence-corrected chi connectivity index (χ2v) is 12.4. The molecule has 3 unspecified atom stereocenters. The number of H-pyrrole nitrogens is 2. The zero-order chi connectivity index (χ0) is 32.9. The third kappa shape index (κ3) is 5.47. The molecule has 2 aromatic heterocycles. The number of aromatic nitrogens is 4. The summed E-state index contributed by atoms with van der Waals surface area (Å²) >= 11 is 0. The normalized spacial score (nSPS) is 22.2. The number of aryl methyl sites for hydroxylation is 1. The topological polar surface area (TPSA) is 161 Å². The predicted octanol–water partition coefficient (Wildman–Crippen LogP) is 4.11.